The molecule has 0 aliphatic carbocycles. The summed E-state index contributed by atoms with van der Waals surface area (Å²) >= 11 is 0. The molecule has 0 N–H and O–H groups in total. The van der Waals surface area contributed by atoms with E-state index in [-0.39, 0.29) is 6.10 Å². The van der Waals surface area contributed by atoms with Gasteiger partial charge in [-0.2, -0.15) is 0 Å². The molecule has 2 nitrogen and oxygen atoms in total. The molecule has 0 spiro atoms. The van der Waals surface area contributed by atoms with E-state index in [1.165, 1.54) is 27.9 Å². The first-order chi connectivity index (χ1) is 10.6. The lowest BCUT2D eigenvalue weighted by molar-refractivity contribution is 0.0411. The second kappa shape index (κ2) is 6.53. The highest BCUT2D eigenvalue weighted by Crippen LogP contribution is 2.20. The van der Waals surface area contributed by atoms with Crippen molar-refractivity contribution in [2.45, 2.75) is 33.3 Å². The third kappa shape index (κ3) is 3.69. The summed E-state index contributed by atoms with van der Waals surface area (Å²) in [6, 6.07) is 15.6. The van der Waals surface area contributed by atoms with Crippen LogP contribution < -0.4 is 4.90 Å². The van der Waals surface area contributed by atoms with Crippen LogP contribution in [0.4, 0.5) is 5.69 Å². The molecule has 22 heavy (non-hydrogen) atoms. The van der Waals surface area contributed by atoms with Crippen LogP contribution in [0.1, 0.15) is 22.3 Å². The van der Waals surface area contributed by atoms with Gasteiger partial charge in [0.05, 0.1) is 12.7 Å². The van der Waals surface area contributed by atoms with Crippen molar-refractivity contribution in [1.29, 1.82) is 0 Å². The maximum atomic E-state index is 6.00. The van der Waals surface area contributed by atoms with Crippen LogP contribution in [0.2, 0.25) is 0 Å². The van der Waals surface area contributed by atoms with E-state index in [0.717, 1.165) is 26.1 Å². The van der Waals surface area contributed by atoms with Gasteiger partial charge < -0.3 is 9.64 Å². The number of rotatable bonds is 3. The van der Waals surface area contributed by atoms with E-state index < -0.39 is 0 Å². The molecule has 1 saturated heterocycles. The van der Waals surface area contributed by atoms with Crippen LogP contribution in [0.15, 0.2) is 42.5 Å². The number of benzene rings is 2. The van der Waals surface area contributed by atoms with Gasteiger partial charge in [0.1, 0.15) is 0 Å². The second-order valence-corrected chi connectivity index (χ2v) is 6.47. The van der Waals surface area contributed by atoms with Gasteiger partial charge >= 0.3 is 0 Å². The van der Waals surface area contributed by atoms with Crippen molar-refractivity contribution in [3.8, 4) is 0 Å². The number of hydrogen-bond acceptors (Lipinski definition) is 2. The molecular formula is C20H25NO. The lowest BCUT2D eigenvalue weighted by Gasteiger charge is -2.34. The highest BCUT2D eigenvalue weighted by molar-refractivity contribution is 5.48. The van der Waals surface area contributed by atoms with Crippen LogP contribution >= 0.6 is 0 Å². The van der Waals surface area contributed by atoms with Crippen molar-refractivity contribution in [1.82, 2.24) is 0 Å². The first-order valence-electron chi connectivity index (χ1n) is 8.10. The minimum absolute atomic E-state index is 0.274. The number of ether oxygens (including phenoxy) is 1. The van der Waals surface area contributed by atoms with E-state index in [1.54, 1.807) is 0 Å². The second-order valence-electron chi connectivity index (χ2n) is 6.47. The van der Waals surface area contributed by atoms with Crippen molar-refractivity contribution < 1.29 is 4.74 Å². The Balaban J connectivity index is 1.69. The maximum Gasteiger partial charge on any atom is 0.0791 e. The fraction of sp³-hybridized carbons (Fsp3) is 0.400. The Morgan fingerprint density at radius 1 is 0.955 bits per heavy atom. The maximum absolute atomic E-state index is 6.00. The summed E-state index contributed by atoms with van der Waals surface area (Å²) in [5.74, 6) is 0. The normalized spacial score (nSPS) is 18.5. The summed E-state index contributed by atoms with van der Waals surface area (Å²) in [6.45, 7) is 9.21. The summed E-state index contributed by atoms with van der Waals surface area (Å²) in [5, 5.41) is 0. The summed E-state index contributed by atoms with van der Waals surface area (Å²) in [6.07, 6.45) is 1.27. The highest BCUT2D eigenvalue weighted by Gasteiger charge is 2.21. The Kier molecular flexibility index (Phi) is 4.49. The zero-order valence-electron chi connectivity index (χ0n) is 13.8. The van der Waals surface area contributed by atoms with E-state index in [9.17, 15) is 0 Å². The number of nitrogens with zero attached hydrogens (tertiary/aromatic N) is 1. The fourth-order valence-electron chi connectivity index (χ4n) is 3.28. The van der Waals surface area contributed by atoms with Crippen molar-refractivity contribution in [2.75, 3.05) is 24.6 Å². The van der Waals surface area contributed by atoms with Gasteiger partial charge in [-0.25, -0.2) is 0 Å². The van der Waals surface area contributed by atoms with E-state index in [0.29, 0.717) is 0 Å². The molecule has 2 heteroatoms. The molecule has 0 aromatic heterocycles. The van der Waals surface area contributed by atoms with Gasteiger partial charge in [0, 0.05) is 25.2 Å². The largest absolute Gasteiger partial charge is 0.374 e. The minimum atomic E-state index is 0.274. The summed E-state index contributed by atoms with van der Waals surface area (Å²) in [7, 11) is 0. The Bertz CT molecular complexity index is 612. The average Bonchev–Trinajstić information content (AvgIpc) is 2.47. The third-order valence-electron chi connectivity index (χ3n) is 4.28. The molecule has 0 radical (unpaired) electrons. The Morgan fingerprint density at radius 2 is 1.64 bits per heavy atom. The molecule has 1 unspecified atom stereocenters. The lowest BCUT2D eigenvalue weighted by atomic mass is 10.0. The highest BCUT2D eigenvalue weighted by atomic mass is 16.5. The molecule has 1 fully saturated rings. The molecule has 3 rings (SSSR count). The van der Waals surface area contributed by atoms with Crippen molar-refractivity contribution in [3.63, 3.8) is 0 Å². The van der Waals surface area contributed by atoms with E-state index in [4.69, 9.17) is 4.74 Å². The molecule has 0 amide bonds. The number of aryl methyl sites for hydroxylation is 3. The fourth-order valence-corrected chi connectivity index (χ4v) is 3.28. The predicted molar refractivity (Wildman–Crippen MR) is 92.8 cm³/mol. The van der Waals surface area contributed by atoms with Gasteiger partial charge in [0.15, 0.2) is 0 Å². The quantitative estimate of drug-likeness (QED) is 0.846. The number of hydrogen-bond donors (Lipinski definition) is 0. The Labute approximate surface area is 133 Å². The summed E-state index contributed by atoms with van der Waals surface area (Å²) in [5.41, 5.74) is 6.67. The summed E-state index contributed by atoms with van der Waals surface area (Å²) < 4.78 is 6.00. The number of morpholine rings is 1. The molecule has 1 aliphatic rings. The van der Waals surface area contributed by atoms with Gasteiger partial charge in [-0.1, -0.05) is 47.0 Å². The lowest BCUT2D eigenvalue weighted by Crippen LogP contribution is -2.43. The average molecular weight is 295 g/mol. The molecule has 116 valence electrons. The predicted octanol–water partition coefficient (Wildman–Crippen LogP) is 4.06. The standard InChI is InChI=1S/C20H25NO/c1-15-4-6-19(7-5-15)21-8-9-22-20(14-21)13-18-11-16(2)10-17(3)12-18/h4-7,10-12,20H,8-9,13-14H2,1-3H3. The van der Waals surface area contributed by atoms with Crippen LogP contribution in [-0.4, -0.2) is 25.8 Å². The molecule has 0 saturated carbocycles. The van der Waals surface area contributed by atoms with Gasteiger partial charge in [-0.05, 0) is 38.5 Å². The molecule has 2 aromatic rings. The SMILES string of the molecule is Cc1ccc(N2CCOC(Cc3cc(C)cc(C)c3)C2)cc1. The zero-order chi connectivity index (χ0) is 15.5. The Morgan fingerprint density at radius 3 is 2.32 bits per heavy atom. The summed E-state index contributed by atoms with van der Waals surface area (Å²) in [4.78, 5) is 2.44. The number of anilines is 1. The van der Waals surface area contributed by atoms with E-state index in [2.05, 4.69) is 68.1 Å². The van der Waals surface area contributed by atoms with Crippen LogP contribution in [0.5, 0.6) is 0 Å². The van der Waals surface area contributed by atoms with E-state index in [1.807, 2.05) is 0 Å². The molecular weight excluding hydrogens is 270 g/mol. The van der Waals surface area contributed by atoms with Crippen LogP contribution in [0.3, 0.4) is 0 Å². The van der Waals surface area contributed by atoms with Crippen molar-refractivity contribution >= 4 is 5.69 Å². The molecule has 2 aromatic carbocycles. The smallest absolute Gasteiger partial charge is 0.0791 e. The third-order valence-corrected chi connectivity index (χ3v) is 4.28. The van der Waals surface area contributed by atoms with Gasteiger partial charge in [-0.15, -0.1) is 0 Å². The van der Waals surface area contributed by atoms with Crippen LogP contribution in [0, 0.1) is 20.8 Å². The van der Waals surface area contributed by atoms with Gasteiger partial charge in [0.2, 0.25) is 0 Å². The topological polar surface area (TPSA) is 12.5 Å². The molecule has 0 bridgehead atoms. The van der Waals surface area contributed by atoms with Gasteiger partial charge in [-0.3, -0.25) is 0 Å². The van der Waals surface area contributed by atoms with Gasteiger partial charge in [0.25, 0.3) is 0 Å². The van der Waals surface area contributed by atoms with Crippen molar-refractivity contribution in [2.24, 2.45) is 0 Å². The zero-order valence-corrected chi connectivity index (χ0v) is 13.8. The molecule has 1 heterocycles. The first kappa shape index (κ1) is 15.1. The van der Waals surface area contributed by atoms with Crippen LogP contribution in [-0.2, 0) is 11.2 Å². The van der Waals surface area contributed by atoms with E-state index >= 15 is 0 Å². The molecule has 1 aliphatic heterocycles. The van der Waals surface area contributed by atoms with Crippen molar-refractivity contribution in [3.05, 3.63) is 64.7 Å². The minimum Gasteiger partial charge on any atom is -0.374 e. The molecule has 1 atom stereocenters. The Hall–Kier alpha value is -1.80. The first-order valence-corrected chi connectivity index (χ1v) is 8.10. The van der Waals surface area contributed by atoms with Crippen LogP contribution in [0.25, 0.3) is 0 Å². The monoisotopic (exact) mass is 295 g/mol.